The lowest BCUT2D eigenvalue weighted by Gasteiger charge is -2.32. The van der Waals surface area contributed by atoms with Crippen LogP contribution in [0.1, 0.15) is 6.42 Å². The lowest BCUT2D eigenvalue weighted by atomic mass is 10.5. The minimum absolute atomic E-state index is 0.535. The predicted molar refractivity (Wildman–Crippen MR) is 32.9 cm³/mol. The molecule has 1 atom stereocenters. The van der Waals surface area contributed by atoms with E-state index in [9.17, 15) is 4.89 Å². The van der Waals surface area contributed by atoms with Crippen molar-refractivity contribution < 1.29 is 9.42 Å². The molecule has 3 nitrogen and oxygen atoms in total. The topological polar surface area (TPSA) is 44.3 Å². The van der Waals surface area contributed by atoms with Gasteiger partial charge in [-0.3, -0.25) is 5.09 Å². The Hall–Kier alpha value is 0.530. The van der Waals surface area contributed by atoms with Gasteiger partial charge in [-0.1, -0.05) is 11.8 Å². The molecular formula is C3H7NO2PS-. The maximum Gasteiger partial charge on any atom is 0.0555 e. The molecule has 1 unspecified atom stereocenters. The molecule has 0 aromatic carbocycles. The van der Waals surface area contributed by atoms with Crippen LogP contribution in [0.3, 0.4) is 0 Å². The van der Waals surface area contributed by atoms with Crippen molar-refractivity contribution in [1.29, 1.82) is 0 Å². The summed E-state index contributed by atoms with van der Waals surface area (Å²) in [7, 11) is 0. The summed E-state index contributed by atoms with van der Waals surface area (Å²) >= 11 is 4.52. The van der Waals surface area contributed by atoms with Gasteiger partial charge >= 0.3 is 0 Å². The third-order valence-corrected chi connectivity index (χ3v) is 2.72. The zero-order valence-corrected chi connectivity index (χ0v) is 6.00. The van der Waals surface area contributed by atoms with E-state index in [1.54, 1.807) is 0 Å². The van der Waals surface area contributed by atoms with E-state index in [1.807, 2.05) is 0 Å². The van der Waals surface area contributed by atoms with Crippen molar-refractivity contribution in [1.82, 2.24) is 5.09 Å². The average Bonchev–Trinajstić information content (AvgIpc) is 1.65. The van der Waals surface area contributed by atoms with Gasteiger partial charge in [-0.2, -0.15) is 0 Å². The van der Waals surface area contributed by atoms with E-state index in [2.05, 4.69) is 16.9 Å². The highest BCUT2D eigenvalue weighted by atomic mass is 32.5. The molecule has 48 valence electrons. The van der Waals surface area contributed by atoms with Crippen molar-refractivity contribution in [3.8, 4) is 0 Å². The monoisotopic (exact) mass is 152 g/mol. The van der Waals surface area contributed by atoms with Crippen LogP contribution in [0.5, 0.6) is 0 Å². The summed E-state index contributed by atoms with van der Waals surface area (Å²) in [5.41, 5.74) is 0. The first-order valence-corrected chi connectivity index (χ1v) is 5.05. The van der Waals surface area contributed by atoms with E-state index in [4.69, 9.17) is 4.52 Å². The van der Waals surface area contributed by atoms with Crippen LogP contribution in [-0.2, 0) is 16.3 Å². The third-order valence-electron chi connectivity index (χ3n) is 0.888. The molecule has 8 heavy (non-hydrogen) atoms. The van der Waals surface area contributed by atoms with Gasteiger partial charge in [0.25, 0.3) is 0 Å². The molecule has 0 spiro atoms. The molecule has 0 aliphatic carbocycles. The maximum absolute atomic E-state index is 10.7. The van der Waals surface area contributed by atoms with Crippen LogP contribution in [0.25, 0.3) is 0 Å². The highest BCUT2D eigenvalue weighted by molar-refractivity contribution is 8.07. The van der Waals surface area contributed by atoms with Crippen LogP contribution in [0, 0.1) is 0 Å². The van der Waals surface area contributed by atoms with Crippen LogP contribution < -0.4 is 9.98 Å². The minimum atomic E-state index is -2.75. The third kappa shape index (κ3) is 1.80. The Morgan fingerprint density at radius 1 is 1.75 bits per heavy atom. The Kier molecular flexibility index (Phi) is 2.01. The second-order valence-corrected chi connectivity index (χ2v) is 4.60. The maximum atomic E-state index is 10.7. The van der Waals surface area contributed by atoms with E-state index in [1.165, 1.54) is 0 Å². The molecule has 0 amide bonds. The second-order valence-electron chi connectivity index (χ2n) is 1.59. The van der Waals surface area contributed by atoms with E-state index < -0.39 is 6.64 Å². The Morgan fingerprint density at radius 2 is 2.50 bits per heavy atom. The van der Waals surface area contributed by atoms with Crippen molar-refractivity contribution in [3.63, 3.8) is 0 Å². The summed E-state index contributed by atoms with van der Waals surface area (Å²) in [6, 6.07) is 0. The van der Waals surface area contributed by atoms with Crippen molar-refractivity contribution in [2.45, 2.75) is 6.42 Å². The van der Waals surface area contributed by atoms with Gasteiger partial charge in [-0.15, -0.1) is 0 Å². The first-order chi connectivity index (χ1) is 3.71. The standard InChI is InChI=1S/C3H8NO2PS/c5-7(8)4-2-1-3-6-7/h1-3H2,(H2,4,5,8)/p-1. The van der Waals surface area contributed by atoms with Crippen molar-refractivity contribution in [2.75, 3.05) is 13.2 Å². The molecule has 1 fully saturated rings. The molecule has 1 aliphatic rings. The molecule has 1 saturated heterocycles. The smallest absolute Gasteiger partial charge is 0.0555 e. The zero-order chi connectivity index (χ0) is 6.04. The van der Waals surface area contributed by atoms with Crippen LogP contribution >= 0.6 is 6.64 Å². The fraction of sp³-hybridized carbons (Fsp3) is 1.00. The quantitative estimate of drug-likeness (QED) is 0.479. The molecule has 1 heterocycles. The predicted octanol–water partition coefficient (Wildman–Crippen LogP) is -0.419. The molecule has 0 radical (unpaired) electrons. The van der Waals surface area contributed by atoms with Crippen LogP contribution in [0.4, 0.5) is 0 Å². The molecule has 0 aromatic rings. The minimum Gasteiger partial charge on any atom is -0.789 e. The number of nitrogens with one attached hydrogen (secondary N) is 1. The normalized spacial score (nSPS) is 39.6. The van der Waals surface area contributed by atoms with Gasteiger partial charge in [-0.25, -0.2) is 0 Å². The molecule has 0 aromatic heterocycles. The number of hydrogen-bond donors (Lipinski definition) is 1. The molecule has 1 aliphatic heterocycles. The lowest BCUT2D eigenvalue weighted by Crippen LogP contribution is -2.27. The number of rotatable bonds is 0. The molecule has 0 saturated carbocycles. The largest absolute Gasteiger partial charge is 0.789 e. The summed E-state index contributed by atoms with van der Waals surface area (Å²) in [6.45, 7) is -1.49. The van der Waals surface area contributed by atoms with Crippen LogP contribution in [0.2, 0.25) is 0 Å². The summed E-state index contributed by atoms with van der Waals surface area (Å²) in [4.78, 5) is 10.7. The average molecular weight is 152 g/mol. The molecule has 5 heteroatoms. The van der Waals surface area contributed by atoms with E-state index in [-0.39, 0.29) is 0 Å². The van der Waals surface area contributed by atoms with Gasteiger partial charge in [0.05, 0.1) is 13.2 Å². The summed E-state index contributed by atoms with van der Waals surface area (Å²) in [5.74, 6) is 0. The van der Waals surface area contributed by atoms with Gasteiger partial charge in [0.15, 0.2) is 0 Å². The van der Waals surface area contributed by atoms with Crippen LogP contribution in [-0.4, -0.2) is 13.2 Å². The van der Waals surface area contributed by atoms with E-state index >= 15 is 0 Å². The first-order valence-electron chi connectivity index (χ1n) is 2.41. The Bertz CT molecular complexity index is 118. The Morgan fingerprint density at radius 3 is 2.75 bits per heavy atom. The molecule has 1 rings (SSSR count). The zero-order valence-electron chi connectivity index (χ0n) is 4.29. The van der Waals surface area contributed by atoms with Gasteiger partial charge in [-0.05, 0) is 6.42 Å². The molecule has 1 N–H and O–H groups in total. The number of hydrogen-bond acceptors (Lipinski definition) is 3. The second kappa shape index (κ2) is 2.42. The van der Waals surface area contributed by atoms with E-state index in [0.29, 0.717) is 6.61 Å². The fourth-order valence-electron chi connectivity index (χ4n) is 0.519. The van der Waals surface area contributed by atoms with Gasteiger partial charge in [0.1, 0.15) is 0 Å². The van der Waals surface area contributed by atoms with Gasteiger partial charge < -0.3 is 9.42 Å². The molecular weight excluding hydrogens is 145 g/mol. The SMILES string of the molecule is [O-]P1(=S)NCCCO1. The van der Waals surface area contributed by atoms with E-state index in [0.717, 1.165) is 13.0 Å². The van der Waals surface area contributed by atoms with Crippen LogP contribution in [0.15, 0.2) is 0 Å². The lowest BCUT2D eigenvalue weighted by molar-refractivity contribution is -0.187. The first kappa shape index (κ1) is 6.65. The Balaban J connectivity index is 2.45. The highest BCUT2D eigenvalue weighted by Gasteiger charge is 2.06. The van der Waals surface area contributed by atoms with Crippen molar-refractivity contribution >= 4 is 18.4 Å². The van der Waals surface area contributed by atoms with Gasteiger partial charge in [0.2, 0.25) is 0 Å². The summed E-state index contributed by atoms with van der Waals surface area (Å²) in [6.07, 6.45) is 0.903. The highest BCUT2D eigenvalue weighted by Crippen LogP contribution is 2.33. The summed E-state index contributed by atoms with van der Waals surface area (Å²) < 4.78 is 4.72. The summed E-state index contributed by atoms with van der Waals surface area (Å²) in [5, 5.41) is 2.61. The molecule has 0 bridgehead atoms. The van der Waals surface area contributed by atoms with Gasteiger partial charge in [0, 0.05) is 6.54 Å². The van der Waals surface area contributed by atoms with Crippen molar-refractivity contribution in [3.05, 3.63) is 0 Å². The van der Waals surface area contributed by atoms with Crippen molar-refractivity contribution in [2.24, 2.45) is 0 Å². The Labute approximate surface area is 53.3 Å². The fourth-order valence-corrected chi connectivity index (χ4v) is 1.91.